The van der Waals surface area contributed by atoms with Gasteiger partial charge in [0, 0.05) is 17.6 Å². The fraction of sp³-hybridized carbons (Fsp3) is 0.0417. The molecule has 3 heterocycles. The van der Waals surface area contributed by atoms with Crippen LogP contribution in [0.15, 0.2) is 78.2 Å². The van der Waals surface area contributed by atoms with E-state index in [1.165, 1.54) is 43.1 Å². The van der Waals surface area contributed by atoms with Gasteiger partial charge in [0.25, 0.3) is 11.5 Å². The number of amides is 1. The van der Waals surface area contributed by atoms with Gasteiger partial charge in [0.2, 0.25) is 0 Å². The molecule has 0 aliphatic carbocycles. The van der Waals surface area contributed by atoms with E-state index in [2.05, 4.69) is 30.6 Å². The van der Waals surface area contributed by atoms with E-state index in [0.717, 1.165) is 34.9 Å². The summed E-state index contributed by atoms with van der Waals surface area (Å²) < 4.78 is 54.3. The Morgan fingerprint density at radius 1 is 1.00 bits per heavy atom. The lowest BCUT2D eigenvalue weighted by Crippen LogP contribution is -2.27. The van der Waals surface area contributed by atoms with E-state index in [0.29, 0.717) is 17.0 Å². The van der Waals surface area contributed by atoms with Crippen LogP contribution in [0.1, 0.15) is 15.9 Å². The van der Waals surface area contributed by atoms with Crippen molar-refractivity contribution in [2.45, 2.75) is 6.18 Å². The number of benzene rings is 2. The third-order valence-electron chi connectivity index (χ3n) is 5.37. The Hall–Kier alpha value is -5.07. The first-order valence-electron chi connectivity index (χ1n) is 10.6. The molecule has 37 heavy (non-hydrogen) atoms. The molecule has 5 aromatic rings. The number of pyridine rings is 1. The molecule has 0 aliphatic heterocycles. The first-order chi connectivity index (χ1) is 17.7. The number of hydrogen-bond acceptors (Lipinski definition) is 6. The normalized spacial score (nSPS) is 11.5. The van der Waals surface area contributed by atoms with Crippen molar-refractivity contribution < 1.29 is 22.4 Å². The maximum atomic E-state index is 14.8. The highest BCUT2D eigenvalue weighted by Gasteiger charge is 2.30. The fourth-order valence-electron chi connectivity index (χ4n) is 3.56. The van der Waals surface area contributed by atoms with Crippen molar-refractivity contribution in [3.8, 4) is 5.69 Å². The second-order valence-electron chi connectivity index (χ2n) is 7.74. The summed E-state index contributed by atoms with van der Waals surface area (Å²) in [7, 11) is 0. The van der Waals surface area contributed by atoms with Crippen LogP contribution in [0.25, 0.3) is 16.9 Å². The summed E-state index contributed by atoms with van der Waals surface area (Å²) in [5.74, 6) is -1.23. The van der Waals surface area contributed by atoms with Gasteiger partial charge in [0.05, 0.1) is 17.6 Å². The van der Waals surface area contributed by atoms with Gasteiger partial charge in [-0.15, -0.1) is 0 Å². The van der Waals surface area contributed by atoms with Crippen LogP contribution in [0.4, 0.5) is 34.8 Å². The van der Waals surface area contributed by atoms with Crippen molar-refractivity contribution in [2.75, 3.05) is 10.6 Å². The molecule has 0 atom stereocenters. The molecular weight excluding hydrogens is 494 g/mol. The predicted molar refractivity (Wildman–Crippen MR) is 126 cm³/mol. The minimum absolute atomic E-state index is 0.0666. The van der Waals surface area contributed by atoms with Crippen molar-refractivity contribution in [1.29, 1.82) is 0 Å². The monoisotopic (exact) mass is 509 g/mol. The largest absolute Gasteiger partial charge is 0.416 e. The van der Waals surface area contributed by atoms with Gasteiger partial charge in [-0.25, -0.2) is 19.3 Å². The third kappa shape index (κ3) is 4.74. The number of rotatable bonds is 5. The molecule has 0 saturated heterocycles. The zero-order valence-corrected chi connectivity index (χ0v) is 18.5. The predicted octanol–water partition coefficient (Wildman–Crippen LogP) is 4.66. The summed E-state index contributed by atoms with van der Waals surface area (Å²) in [5.41, 5.74) is -0.751. The second kappa shape index (κ2) is 9.18. The summed E-state index contributed by atoms with van der Waals surface area (Å²) in [6, 6.07) is 10.4. The van der Waals surface area contributed by atoms with Crippen LogP contribution in [0.3, 0.4) is 0 Å². The quantitative estimate of drug-likeness (QED) is 0.297. The van der Waals surface area contributed by atoms with Crippen molar-refractivity contribution >= 4 is 34.3 Å². The molecular formula is C24H15F4N7O2. The van der Waals surface area contributed by atoms with E-state index in [-0.39, 0.29) is 22.6 Å². The van der Waals surface area contributed by atoms with Crippen LogP contribution < -0.4 is 16.2 Å². The number of hydrogen-bond donors (Lipinski definition) is 3. The number of imidazole rings is 1. The summed E-state index contributed by atoms with van der Waals surface area (Å²) in [5, 5.41) is 5.28. The zero-order chi connectivity index (χ0) is 26.2. The van der Waals surface area contributed by atoms with Crippen LogP contribution in [0.5, 0.6) is 0 Å². The molecule has 2 aromatic carbocycles. The van der Waals surface area contributed by atoms with Crippen LogP contribution in [-0.2, 0) is 6.18 Å². The van der Waals surface area contributed by atoms with Crippen molar-refractivity contribution in [3.05, 3.63) is 101 Å². The van der Waals surface area contributed by atoms with E-state index in [9.17, 15) is 27.2 Å². The Kier molecular flexibility index (Phi) is 5.87. The number of anilines is 3. The number of carbonyl (C=O) groups excluding carboxylic acids is 1. The molecule has 1 amide bonds. The molecule has 186 valence electrons. The molecule has 0 bridgehead atoms. The SMILES string of the molecule is O=C(Nc1ccc(Nc2ncnc3nc[nH]c23)c(F)c1)c1cccn(-c2ccc(C(F)(F)F)cc2)c1=O. The van der Waals surface area contributed by atoms with Crippen LogP contribution >= 0.6 is 0 Å². The number of nitrogens with one attached hydrogen (secondary N) is 3. The molecule has 3 N–H and O–H groups in total. The van der Waals surface area contributed by atoms with E-state index >= 15 is 0 Å². The Labute approximate surface area is 204 Å². The number of H-pyrrole nitrogens is 1. The molecule has 3 aromatic heterocycles. The highest BCUT2D eigenvalue weighted by atomic mass is 19.4. The topological polar surface area (TPSA) is 118 Å². The lowest BCUT2D eigenvalue weighted by Gasteiger charge is -2.12. The number of nitrogens with zero attached hydrogens (tertiary/aromatic N) is 4. The molecule has 9 nitrogen and oxygen atoms in total. The van der Waals surface area contributed by atoms with Crippen LogP contribution in [0, 0.1) is 5.82 Å². The van der Waals surface area contributed by atoms with Gasteiger partial charge < -0.3 is 15.6 Å². The van der Waals surface area contributed by atoms with Crippen molar-refractivity contribution in [1.82, 2.24) is 24.5 Å². The number of carbonyl (C=O) groups is 1. The lowest BCUT2D eigenvalue weighted by molar-refractivity contribution is -0.137. The van der Waals surface area contributed by atoms with E-state index in [1.807, 2.05) is 0 Å². The Morgan fingerprint density at radius 2 is 1.78 bits per heavy atom. The number of aromatic nitrogens is 5. The molecule has 0 spiro atoms. The smallest absolute Gasteiger partial charge is 0.340 e. The van der Waals surface area contributed by atoms with E-state index in [4.69, 9.17) is 0 Å². The summed E-state index contributed by atoms with van der Waals surface area (Å²) in [6.07, 6.45) is -0.499. The molecule has 0 fully saturated rings. The molecule has 0 unspecified atom stereocenters. The van der Waals surface area contributed by atoms with Crippen LogP contribution in [-0.4, -0.2) is 30.4 Å². The summed E-state index contributed by atoms with van der Waals surface area (Å²) >= 11 is 0. The second-order valence-corrected chi connectivity index (χ2v) is 7.74. The average Bonchev–Trinajstić information content (AvgIpc) is 3.35. The zero-order valence-electron chi connectivity index (χ0n) is 18.5. The highest BCUT2D eigenvalue weighted by molar-refractivity contribution is 6.04. The van der Waals surface area contributed by atoms with Gasteiger partial charge in [-0.1, -0.05) is 0 Å². The molecule has 0 radical (unpaired) electrons. The molecule has 0 aliphatic rings. The van der Waals surface area contributed by atoms with E-state index in [1.54, 1.807) is 0 Å². The third-order valence-corrected chi connectivity index (χ3v) is 5.37. The average molecular weight is 509 g/mol. The first kappa shape index (κ1) is 23.7. The molecule has 5 rings (SSSR count). The minimum atomic E-state index is -4.52. The first-order valence-corrected chi connectivity index (χ1v) is 10.6. The van der Waals surface area contributed by atoms with Gasteiger partial charge >= 0.3 is 6.18 Å². The fourth-order valence-corrected chi connectivity index (χ4v) is 3.56. The number of halogens is 4. The van der Waals surface area contributed by atoms with Crippen molar-refractivity contribution in [3.63, 3.8) is 0 Å². The Balaban J connectivity index is 1.35. The Morgan fingerprint density at radius 3 is 2.51 bits per heavy atom. The number of fused-ring (bicyclic) bond motifs is 1. The summed E-state index contributed by atoms with van der Waals surface area (Å²) in [4.78, 5) is 40.5. The van der Waals surface area contributed by atoms with Gasteiger partial charge in [0.15, 0.2) is 11.5 Å². The van der Waals surface area contributed by atoms with Gasteiger partial charge in [-0.05, 0) is 54.6 Å². The maximum absolute atomic E-state index is 14.8. The van der Waals surface area contributed by atoms with Crippen LogP contribution in [0.2, 0.25) is 0 Å². The summed E-state index contributed by atoms with van der Waals surface area (Å²) in [6.45, 7) is 0. The van der Waals surface area contributed by atoms with Crippen molar-refractivity contribution in [2.24, 2.45) is 0 Å². The molecule has 13 heteroatoms. The standard InChI is InChI=1S/C24H15F4N7O2/c25-17-10-14(5-8-18(17)34-21-19-20(30-11-29-19)31-12-32-21)33-22(36)16-2-1-9-35(23(16)37)15-6-3-13(4-7-15)24(26,27)28/h1-12H,(H,33,36)(H2,29,30,31,32,34). The lowest BCUT2D eigenvalue weighted by atomic mass is 10.2. The number of aromatic amines is 1. The highest BCUT2D eigenvalue weighted by Crippen LogP contribution is 2.29. The Bertz CT molecular complexity index is 1680. The van der Waals surface area contributed by atoms with Gasteiger partial charge in [-0.2, -0.15) is 13.2 Å². The van der Waals surface area contributed by atoms with E-state index < -0.39 is 29.0 Å². The minimum Gasteiger partial charge on any atom is -0.340 e. The van der Waals surface area contributed by atoms with Gasteiger partial charge in [0.1, 0.15) is 23.2 Å². The molecule has 0 saturated carbocycles. The van der Waals surface area contributed by atoms with Gasteiger partial charge in [-0.3, -0.25) is 14.2 Å². The number of alkyl halides is 3. The maximum Gasteiger partial charge on any atom is 0.416 e.